The highest BCUT2D eigenvalue weighted by Gasteiger charge is 2.44. The van der Waals surface area contributed by atoms with E-state index in [1.807, 2.05) is 0 Å². The van der Waals surface area contributed by atoms with E-state index >= 15 is 0 Å². The zero-order valence-electron chi connectivity index (χ0n) is 10.3. The van der Waals surface area contributed by atoms with Gasteiger partial charge >= 0.3 is 5.97 Å². The molecular weight excluding hydrogens is 224 g/mol. The summed E-state index contributed by atoms with van der Waals surface area (Å²) in [5.41, 5.74) is -0.446. The fraction of sp³-hybridized carbons (Fsp3) is 0.545. The van der Waals surface area contributed by atoms with Crippen LogP contribution in [-0.4, -0.2) is 51.8 Å². The molecule has 1 heterocycles. The molecule has 17 heavy (non-hydrogen) atoms. The number of carbonyl (C=O) groups excluding carboxylic acids is 1. The van der Waals surface area contributed by atoms with Gasteiger partial charge in [-0.05, 0) is 20.8 Å². The third-order valence-corrected chi connectivity index (χ3v) is 2.99. The van der Waals surface area contributed by atoms with Gasteiger partial charge in [-0.1, -0.05) is 0 Å². The molecule has 1 aliphatic rings. The number of carboxylic acid groups (broad SMARTS) is 1. The molecule has 6 nitrogen and oxygen atoms in total. The zero-order chi connectivity index (χ0) is 13.4. The molecule has 1 rings (SSSR count). The number of nitrogens with zero attached hydrogens (tertiary/aromatic N) is 2. The van der Waals surface area contributed by atoms with Gasteiger partial charge in [0, 0.05) is 12.8 Å². The van der Waals surface area contributed by atoms with Crippen LogP contribution in [0.15, 0.2) is 16.3 Å². The minimum absolute atomic E-state index is 0.0726. The van der Waals surface area contributed by atoms with Gasteiger partial charge < -0.3 is 15.1 Å². The molecule has 0 saturated heterocycles. The molecule has 94 valence electrons. The number of amides is 1. The van der Waals surface area contributed by atoms with Gasteiger partial charge in [0.25, 0.3) is 5.91 Å². The summed E-state index contributed by atoms with van der Waals surface area (Å²) in [5.74, 6) is -1.50. The van der Waals surface area contributed by atoms with E-state index in [-0.39, 0.29) is 23.0 Å². The van der Waals surface area contributed by atoms with E-state index in [0.717, 1.165) is 0 Å². The van der Waals surface area contributed by atoms with Crippen molar-refractivity contribution in [3.05, 3.63) is 11.3 Å². The largest absolute Gasteiger partial charge is 0.509 e. The third kappa shape index (κ3) is 2.15. The van der Waals surface area contributed by atoms with Crippen molar-refractivity contribution in [2.24, 2.45) is 4.99 Å². The molecule has 0 fully saturated rings. The van der Waals surface area contributed by atoms with Gasteiger partial charge in [-0.25, -0.2) is 0 Å². The van der Waals surface area contributed by atoms with Crippen molar-refractivity contribution < 1.29 is 19.8 Å². The van der Waals surface area contributed by atoms with Crippen LogP contribution in [0.1, 0.15) is 20.8 Å². The lowest BCUT2D eigenvalue weighted by Crippen LogP contribution is -2.40. The van der Waals surface area contributed by atoms with Gasteiger partial charge in [0.1, 0.15) is 17.9 Å². The van der Waals surface area contributed by atoms with E-state index in [1.54, 1.807) is 20.9 Å². The van der Waals surface area contributed by atoms with Crippen LogP contribution in [-0.2, 0) is 9.59 Å². The van der Waals surface area contributed by atoms with Crippen molar-refractivity contribution in [1.29, 1.82) is 0 Å². The number of carbonyl (C=O) groups is 2. The fourth-order valence-electron chi connectivity index (χ4n) is 1.58. The summed E-state index contributed by atoms with van der Waals surface area (Å²) < 4.78 is 0. The minimum Gasteiger partial charge on any atom is -0.509 e. The van der Waals surface area contributed by atoms with Crippen molar-refractivity contribution in [3.8, 4) is 0 Å². The second-order valence-corrected chi connectivity index (χ2v) is 4.44. The van der Waals surface area contributed by atoms with E-state index in [0.29, 0.717) is 0 Å². The number of aliphatic imine (C=N–C) groups is 1. The Morgan fingerprint density at radius 2 is 2.00 bits per heavy atom. The first-order valence-electron chi connectivity index (χ1n) is 5.14. The lowest BCUT2D eigenvalue weighted by Gasteiger charge is -2.27. The van der Waals surface area contributed by atoms with Crippen LogP contribution in [0.25, 0.3) is 0 Å². The molecule has 1 amide bonds. The fourth-order valence-corrected chi connectivity index (χ4v) is 1.58. The van der Waals surface area contributed by atoms with E-state index in [4.69, 9.17) is 5.11 Å². The molecule has 0 aromatic carbocycles. The van der Waals surface area contributed by atoms with Crippen molar-refractivity contribution in [2.75, 3.05) is 13.6 Å². The van der Waals surface area contributed by atoms with Crippen LogP contribution in [0.2, 0.25) is 0 Å². The van der Waals surface area contributed by atoms with Crippen LogP contribution in [0.3, 0.4) is 0 Å². The van der Waals surface area contributed by atoms with Crippen LogP contribution in [0, 0.1) is 0 Å². The number of hydrogen-bond acceptors (Lipinski definition) is 4. The van der Waals surface area contributed by atoms with Gasteiger partial charge in [0.2, 0.25) is 0 Å². The Labute approximate surface area is 99.3 Å². The second kappa shape index (κ2) is 4.20. The smallest absolute Gasteiger partial charge is 0.325 e. The van der Waals surface area contributed by atoms with Crippen molar-refractivity contribution >= 4 is 17.6 Å². The molecule has 0 unspecified atom stereocenters. The summed E-state index contributed by atoms with van der Waals surface area (Å²) >= 11 is 0. The molecule has 0 aromatic rings. The molecule has 1 aliphatic heterocycles. The highest BCUT2D eigenvalue weighted by atomic mass is 16.4. The number of aliphatic carboxylic acids is 1. The summed E-state index contributed by atoms with van der Waals surface area (Å²) in [7, 11) is 1.58. The molecule has 0 radical (unpaired) electrons. The summed E-state index contributed by atoms with van der Waals surface area (Å²) in [6.45, 7) is 4.51. The Kier molecular flexibility index (Phi) is 3.26. The Hall–Kier alpha value is -1.85. The average molecular weight is 240 g/mol. The maximum atomic E-state index is 11.9. The lowest BCUT2D eigenvalue weighted by molar-refractivity contribution is -0.135. The molecule has 0 aromatic heterocycles. The predicted molar refractivity (Wildman–Crippen MR) is 62.1 cm³/mol. The number of carboxylic acids is 1. The molecule has 2 N–H and O–H groups in total. The quantitative estimate of drug-likeness (QED) is 0.706. The normalized spacial score (nSPS) is 20.1. The van der Waals surface area contributed by atoms with Gasteiger partial charge in [0.05, 0.1) is 5.54 Å². The number of aliphatic hydroxyl groups excluding tert-OH is 1. The summed E-state index contributed by atoms with van der Waals surface area (Å²) in [4.78, 5) is 27.4. The van der Waals surface area contributed by atoms with E-state index < -0.39 is 18.1 Å². The summed E-state index contributed by atoms with van der Waals surface area (Å²) in [5, 5.41) is 18.5. The summed E-state index contributed by atoms with van der Waals surface area (Å²) in [6, 6.07) is 0. The van der Waals surface area contributed by atoms with Crippen LogP contribution >= 0.6 is 0 Å². The van der Waals surface area contributed by atoms with Crippen molar-refractivity contribution in [1.82, 2.24) is 4.90 Å². The Bertz CT molecular complexity index is 435. The van der Waals surface area contributed by atoms with Crippen molar-refractivity contribution in [2.45, 2.75) is 26.3 Å². The maximum Gasteiger partial charge on any atom is 0.325 e. The van der Waals surface area contributed by atoms with Crippen LogP contribution in [0.5, 0.6) is 0 Å². The molecule has 0 saturated carbocycles. The van der Waals surface area contributed by atoms with Crippen molar-refractivity contribution in [3.63, 3.8) is 0 Å². The SMILES string of the molecule is CC(=NCC(=O)O)C1=C(O)C(C)(C)N(C)C1=O. The molecule has 6 heteroatoms. The number of aliphatic hydroxyl groups is 1. The molecular formula is C11H16N2O4. The summed E-state index contributed by atoms with van der Waals surface area (Å²) in [6.07, 6.45) is 0. The van der Waals surface area contributed by atoms with Crippen LogP contribution in [0.4, 0.5) is 0 Å². The number of rotatable bonds is 3. The third-order valence-electron chi connectivity index (χ3n) is 2.99. The number of hydrogen-bond donors (Lipinski definition) is 2. The van der Waals surface area contributed by atoms with Gasteiger partial charge in [0.15, 0.2) is 0 Å². The van der Waals surface area contributed by atoms with Gasteiger partial charge in [-0.15, -0.1) is 0 Å². The zero-order valence-corrected chi connectivity index (χ0v) is 10.3. The van der Waals surface area contributed by atoms with Gasteiger partial charge in [-0.3, -0.25) is 14.6 Å². The Morgan fingerprint density at radius 3 is 2.35 bits per heavy atom. The highest BCUT2D eigenvalue weighted by Crippen LogP contribution is 2.32. The standard InChI is InChI=1S/C11H16N2O4/c1-6(12-5-7(14)15)8-9(16)11(2,3)13(4)10(8)17/h16H,5H2,1-4H3,(H,14,15). The highest BCUT2D eigenvalue weighted by molar-refractivity contribution is 6.23. The Balaban J connectivity index is 3.13. The second-order valence-electron chi connectivity index (χ2n) is 4.44. The first-order chi connectivity index (χ1) is 7.69. The molecule has 0 atom stereocenters. The predicted octanol–water partition coefficient (Wildman–Crippen LogP) is 0.595. The van der Waals surface area contributed by atoms with E-state index in [1.165, 1.54) is 11.8 Å². The molecule has 0 bridgehead atoms. The van der Waals surface area contributed by atoms with E-state index in [9.17, 15) is 14.7 Å². The van der Waals surface area contributed by atoms with Gasteiger partial charge in [-0.2, -0.15) is 0 Å². The molecule has 0 aliphatic carbocycles. The van der Waals surface area contributed by atoms with Crippen LogP contribution < -0.4 is 0 Å². The maximum absolute atomic E-state index is 11.9. The first kappa shape index (κ1) is 13.2. The van der Waals surface area contributed by atoms with E-state index in [2.05, 4.69) is 4.99 Å². The number of likely N-dealkylation sites (N-methyl/N-ethyl adjacent to an activating group) is 1. The lowest BCUT2D eigenvalue weighted by atomic mass is 10.0. The first-order valence-corrected chi connectivity index (χ1v) is 5.14. The minimum atomic E-state index is -1.08. The average Bonchev–Trinajstić information content (AvgIpc) is 2.37. The monoisotopic (exact) mass is 240 g/mol. The molecule has 0 spiro atoms. The Morgan fingerprint density at radius 1 is 1.47 bits per heavy atom. The topological polar surface area (TPSA) is 90.2 Å².